The van der Waals surface area contributed by atoms with Gasteiger partial charge in [0.2, 0.25) is 0 Å². The molecule has 1 fully saturated rings. The van der Waals surface area contributed by atoms with Gasteiger partial charge in [0.25, 0.3) is 0 Å². The summed E-state index contributed by atoms with van der Waals surface area (Å²) in [7, 11) is 0. The predicted octanol–water partition coefficient (Wildman–Crippen LogP) is 4.57. The Balaban J connectivity index is 2.55. The third-order valence-corrected chi connectivity index (χ3v) is 6.09. The van der Waals surface area contributed by atoms with Crippen LogP contribution in [0.15, 0.2) is 12.7 Å². The first-order chi connectivity index (χ1) is 14.7. The fourth-order valence-corrected chi connectivity index (χ4v) is 5.37. The summed E-state index contributed by atoms with van der Waals surface area (Å²) in [5.74, 6) is 0.429. The zero-order chi connectivity index (χ0) is 24.6. The maximum atomic E-state index is 12.5. The molecule has 0 aromatic rings. The van der Waals surface area contributed by atoms with Gasteiger partial charge in [0.15, 0.2) is 0 Å². The second-order valence-electron chi connectivity index (χ2n) is 12.1. The number of rotatable bonds is 11. The number of carbonyl (C=O) groups is 2. The van der Waals surface area contributed by atoms with Crippen molar-refractivity contribution in [1.29, 1.82) is 0 Å². The fraction of sp³-hybridized carbons (Fsp3) is 0.840. The van der Waals surface area contributed by atoms with Gasteiger partial charge in [-0.05, 0) is 54.3 Å². The van der Waals surface area contributed by atoms with E-state index < -0.39 is 6.09 Å². The molecule has 5 N–H and O–H groups in total. The number of hydrogen-bond donors (Lipinski definition) is 4. The minimum absolute atomic E-state index is 0.00606. The molecule has 3 amide bonds. The maximum absolute atomic E-state index is 12.5. The Bertz CT molecular complexity index is 633. The van der Waals surface area contributed by atoms with E-state index in [1.807, 2.05) is 0 Å². The Kier molecular flexibility index (Phi) is 10.5. The number of carbonyl (C=O) groups excluding carboxylic acids is 2. The third-order valence-electron chi connectivity index (χ3n) is 6.09. The van der Waals surface area contributed by atoms with Gasteiger partial charge in [-0.1, -0.05) is 61.1 Å². The molecule has 0 spiro atoms. The number of nitrogens with two attached hydrogens (primary N) is 1. The van der Waals surface area contributed by atoms with Crippen LogP contribution in [-0.2, 0) is 4.74 Å². The minimum atomic E-state index is -0.432. The van der Waals surface area contributed by atoms with Crippen molar-refractivity contribution in [1.82, 2.24) is 16.0 Å². The highest BCUT2D eigenvalue weighted by Gasteiger charge is 2.40. The molecular weight excluding hydrogens is 404 g/mol. The van der Waals surface area contributed by atoms with Gasteiger partial charge in [0.05, 0.1) is 0 Å². The van der Waals surface area contributed by atoms with Crippen molar-refractivity contribution in [2.24, 2.45) is 27.9 Å². The summed E-state index contributed by atoms with van der Waals surface area (Å²) in [6.07, 6.45) is 5.68. The molecule has 0 radical (unpaired) electrons. The van der Waals surface area contributed by atoms with E-state index in [4.69, 9.17) is 10.5 Å². The standard InChI is InChI=1S/C25H48N4O3/c1-9-10-32-22(31)29-20(11-18(2)3)14-24(6,7)16-27-21(30)28-17-25(8)13-19(26)12-23(4,5)15-25/h9,18-20H,1,10-17,26H2,2-8H3,(H,29,31)(H2,27,28,30). The molecule has 32 heavy (non-hydrogen) atoms. The normalized spacial score (nSPS) is 23.8. The van der Waals surface area contributed by atoms with Crippen molar-refractivity contribution in [3.8, 4) is 0 Å². The van der Waals surface area contributed by atoms with Gasteiger partial charge >= 0.3 is 12.1 Å². The molecular formula is C25H48N4O3. The largest absolute Gasteiger partial charge is 0.445 e. The van der Waals surface area contributed by atoms with Crippen LogP contribution in [0, 0.1) is 22.2 Å². The lowest BCUT2D eigenvalue weighted by atomic mass is 9.63. The molecule has 7 heteroatoms. The van der Waals surface area contributed by atoms with Gasteiger partial charge < -0.3 is 26.4 Å². The van der Waals surface area contributed by atoms with Crippen LogP contribution in [0.5, 0.6) is 0 Å². The number of nitrogens with one attached hydrogen (secondary N) is 3. The molecule has 3 atom stereocenters. The van der Waals surface area contributed by atoms with Crippen molar-refractivity contribution in [2.45, 2.75) is 92.7 Å². The molecule has 186 valence electrons. The SMILES string of the molecule is C=CCOC(=O)NC(CC(C)C)CC(C)(C)CNC(=O)NCC1(C)CC(N)CC(C)(C)C1. The molecule has 1 saturated carbocycles. The van der Waals surface area contributed by atoms with E-state index in [0.29, 0.717) is 19.0 Å². The van der Waals surface area contributed by atoms with Crippen LogP contribution in [0.4, 0.5) is 9.59 Å². The Morgan fingerprint density at radius 3 is 2.44 bits per heavy atom. The monoisotopic (exact) mass is 452 g/mol. The van der Waals surface area contributed by atoms with Crippen LogP contribution in [-0.4, -0.2) is 43.9 Å². The third kappa shape index (κ3) is 11.2. The highest BCUT2D eigenvalue weighted by atomic mass is 16.5. The highest BCUT2D eigenvalue weighted by molar-refractivity contribution is 5.73. The molecule has 7 nitrogen and oxygen atoms in total. The average molecular weight is 453 g/mol. The second-order valence-corrected chi connectivity index (χ2v) is 12.1. The molecule has 0 aromatic carbocycles. The predicted molar refractivity (Wildman–Crippen MR) is 131 cm³/mol. The second kappa shape index (κ2) is 11.9. The van der Waals surface area contributed by atoms with Gasteiger partial charge in [-0.2, -0.15) is 0 Å². The molecule has 0 heterocycles. The lowest BCUT2D eigenvalue weighted by Crippen LogP contribution is -2.50. The van der Waals surface area contributed by atoms with E-state index in [1.165, 1.54) is 0 Å². The van der Waals surface area contributed by atoms with Crippen LogP contribution in [0.25, 0.3) is 0 Å². The van der Waals surface area contributed by atoms with Gasteiger partial charge in [0, 0.05) is 25.2 Å². The smallest absolute Gasteiger partial charge is 0.407 e. The lowest BCUT2D eigenvalue weighted by Gasteiger charge is -2.45. The van der Waals surface area contributed by atoms with Gasteiger partial charge in [-0.25, -0.2) is 9.59 Å². The number of urea groups is 1. The fourth-order valence-electron chi connectivity index (χ4n) is 5.37. The number of alkyl carbamates (subject to hydrolysis) is 1. The Morgan fingerprint density at radius 1 is 1.22 bits per heavy atom. The molecule has 3 unspecified atom stereocenters. The van der Waals surface area contributed by atoms with Crippen molar-refractivity contribution in [3.05, 3.63) is 12.7 Å². The van der Waals surface area contributed by atoms with Crippen LogP contribution < -0.4 is 21.7 Å². The summed E-state index contributed by atoms with van der Waals surface area (Å²) in [6.45, 7) is 20.0. The first-order valence-electron chi connectivity index (χ1n) is 12.0. The zero-order valence-corrected chi connectivity index (χ0v) is 21.5. The van der Waals surface area contributed by atoms with Crippen LogP contribution in [0.1, 0.15) is 80.6 Å². The summed E-state index contributed by atoms with van der Waals surface area (Å²) in [5.41, 5.74) is 6.28. The summed E-state index contributed by atoms with van der Waals surface area (Å²) < 4.78 is 5.08. The van der Waals surface area contributed by atoms with E-state index in [-0.39, 0.29) is 41.0 Å². The first-order valence-corrected chi connectivity index (χ1v) is 12.0. The Labute approximate surface area is 195 Å². The van der Waals surface area contributed by atoms with Crippen LogP contribution in [0.2, 0.25) is 0 Å². The molecule has 1 rings (SSSR count). The highest BCUT2D eigenvalue weighted by Crippen LogP contribution is 2.45. The minimum Gasteiger partial charge on any atom is -0.445 e. The molecule has 1 aliphatic carbocycles. The zero-order valence-electron chi connectivity index (χ0n) is 21.5. The van der Waals surface area contributed by atoms with E-state index in [2.05, 4.69) is 71.0 Å². The van der Waals surface area contributed by atoms with Gasteiger partial charge in [0.1, 0.15) is 6.61 Å². The molecule has 0 saturated heterocycles. The summed E-state index contributed by atoms with van der Waals surface area (Å²) in [4.78, 5) is 24.5. The van der Waals surface area contributed by atoms with Crippen LogP contribution in [0.3, 0.4) is 0 Å². The number of hydrogen-bond acceptors (Lipinski definition) is 4. The van der Waals surface area contributed by atoms with E-state index in [0.717, 1.165) is 32.1 Å². The maximum Gasteiger partial charge on any atom is 0.407 e. The van der Waals surface area contributed by atoms with Crippen molar-refractivity contribution < 1.29 is 14.3 Å². The van der Waals surface area contributed by atoms with Gasteiger partial charge in [-0.15, -0.1) is 0 Å². The molecule has 0 aliphatic heterocycles. The Morgan fingerprint density at radius 2 is 1.88 bits per heavy atom. The van der Waals surface area contributed by atoms with E-state index >= 15 is 0 Å². The van der Waals surface area contributed by atoms with E-state index in [1.54, 1.807) is 6.08 Å². The molecule has 0 aromatic heterocycles. The number of ether oxygens (including phenoxy) is 1. The van der Waals surface area contributed by atoms with Crippen molar-refractivity contribution >= 4 is 12.1 Å². The Hall–Kier alpha value is -1.76. The summed E-state index contributed by atoms with van der Waals surface area (Å²) >= 11 is 0. The summed E-state index contributed by atoms with van der Waals surface area (Å²) in [6, 6.07) is -0.0110. The quantitative estimate of drug-likeness (QED) is 0.345. The van der Waals surface area contributed by atoms with Crippen LogP contribution >= 0.6 is 0 Å². The topological polar surface area (TPSA) is 105 Å². The number of amides is 3. The average Bonchev–Trinajstić information content (AvgIpc) is 2.60. The molecule has 0 bridgehead atoms. The van der Waals surface area contributed by atoms with Crippen molar-refractivity contribution in [2.75, 3.05) is 19.7 Å². The summed E-state index contributed by atoms with van der Waals surface area (Å²) in [5, 5.41) is 9.04. The first kappa shape index (κ1) is 28.3. The lowest BCUT2D eigenvalue weighted by molar-refractivity contribution is 0.0842. The van der Waals surface area contributed by atoms with E-state index in [9.17, 15) is 9.59 Å². The van der Waals surface area contributed by atoms with Gasteiger partial charge in [-0.3, -0.25) is 0 Å². The van der Waals surface area contributed by atoms with Crippen molar-refractivity contribution in [3.63, 3.8) is 0 Å². The molecule has 1 aliphatic rings.